The molecular formula is C34H42O10P2S2. The highest BCUT2D eigenvalue weighted by atomic mass is 32.5. The van der Waals surface area contributed by atoms with Gasteiger partial charge in [-0.1, -0.05) is 0 Å². The van der Waals surface area contributed by atoms with Gasteiger partial charge in [-0.15, -0.1) is 0 Å². The van der Waals surface area contributed by atoms with Crippen molar-refractivity contribution in [3.05, 3.63) is 79.5 Å². The zero-order valence-corrected chi connectivity index (χ0v) is 31.2. The molecule has 10 nitrogen and oxygen atoms in total. The molecule has 2 heterocycles. The van der Waals surface area contributed by atoms with Crippen LogP contribution in [-0.2, 0) is 67.4 Å². The Balaban J connectivity index is 0.000000188. The quantitative estimate of drug-likeness (QED) is 0.102. The summed E-state index contributed by atoms with van der Waals surface area (Å²) in [6.07, 6.45) is 7.68. The minimum Gasteiger partial charge on any atom is -0.424 e. The van der Waals surface area contributed by atoms with Crippen molar-refractivity contribution < 1.29 is 36.0 Å². The Morgan fingerprint density at radius 2 is 0.896 bits per heavy atom. The first-order valence-electron chi connectivity index (χ1n) is 16.5. The lowest BCUT2D eigenvalue weighted by Gasteiger charge is -2.21. The molecule has 2 aliphatic carbocycles. The van der Waals surface area contributed by atoms with Gasteiger partial charge in [-0.25, -0.2) is 9.59 Å². The van der Waals surface area contributed by atoms with Crippen molar-refractivity contribution in [1.82, 2.24) is 0 Å². The van der Waals surface area contributed by atoms with Crippen LogP contribution in [0.2, 0.25) is 0 Å². The highest BCUT2D eigenvalue weighted by Crippen LogP contribution is 2.51. The van der Waals surface area contributed by atoms with Gasteiger partial charge in [0.1, 0.15) is 22.7 Å². The molecule has 2 aromatic heterocycles. The van der Waals surface area contributed by atoms with Crippen molar-refractivity contribution in [3.63, 3.8) is 0 Å². The van der Waals surface area contributed by atoms with E-state index in [2.05, 4.69) is 0 Å². The van der Waals surface area contributed by atoms with Crippen LogP contribution >= 0.6 is 13.4 Å². The fraction of sp³-hybridized carbons (Fsp3) is 0.471. The molecule has 260 valence electrons. The number of hydrogen-bond donors (Lipinski definition) is 0. The predicted octanol–water partition coefficient (Wildman–Crippen LogP) is 8.70. The van der Waals surface area contributed by atoms with E-state index in [0.29, 0.717) is 49.1 Å². The lowest BCUT2D eigenvalue weighted by atomic mass is 9.91. The van der Waals surface area contributed by atoms with Crippen LogP contribution in [0.15, 0.2) is 54.8 Å². The summed E-state index contributed by atoms with van der Waals surface area (Å²) in [5.41, 5.74) is 4.39. The third-order valence-corrected chi connectivity index (χ3v) is 12.9. The third kappa shape index (κ3) is 8.66. The summed E-state index contributed by atoms with van der Waals surface area (Å²) in [4.78, 5) is 24.4. The molecule has 2 aromatic carbocycles. The van der Waals surface area contributed by atoms with E-state index in [1.54, 1.807) is 12.1 Å². The minimum absolute atomic E-state index is 0.247. The minimum atomic E-state index is -2.84. The molecule has 0 unspecified atom stereocenters. The van der Waals surface area contributed by atoms with E-state index >= 15 is 0 Å². The highest BCUT2D eigenvalue weighted by Gasteiger charge is 2.25. The number of benzene rings is 2. The van der Waals surface area contributed by atoms with Gasteiger partial charge < -0.3 is 17.9 Å². The fourth-order valence-corrected chi connectivity index (χ4v) is 10.2. The number of fused-ring (bicyclic) bond motifs is 6. The van der Waals surface area contributed by atoms with E-state index in [9.17, 15) is 9.59 Å². The largest absolute Gasteiger partial charge is 0.424 e. The highest BCUT2D eigenvalue weighted by molar-refractivity contribution is 8.08. The van der Waals surface area contributed by atoms with Gasteiger partial charge in [0.05, 0.1) is 26.4 Å². The number of aryl methyl sites for hydroxylation is 2. The maximum atomic E-state index is 12.2. The molecule has 6 rings (SSSR count). The van der Waals surface area contributed by atoms with Gasteiger partial charge in [-0.2, -0.15) is 0 Å². The van der Waals surface area contributed by atoms with Gasteiger partial charge in [-0.05, 0) is 114 Å². The van der Waals surface area contributed by atoms with Crippen LogP contribution in [0.25, 0.3) is 21.9 Å². The second-order valence-corrected chi connectivity index (χ2v) is 17.0. The SMILES string of the molecule is CCOP(=S)(OCC)Oc1ccc2c3c(c(=O)oc2c1)CCCC3.CCOP(=S)(OCC)Oc1ccc2c3c(c(=O)oc2c1)CCCC3. The molecule has 0 atom stereocenters. The Morgan fingerprint density at radius 1 is 0.562 bits per heavy atom. The lowest BCUT2D eigenvalue weighted by Crippen LogP contribution is -2.15. The summed E-state index contributed by atoms with van der Waals surface area (Å²) in [6.45, 7) is 3.33. The lowest BCUT2D eigenvalue weighted by molar-refractivity contribution is 0.217. The standard InChI is InChI=1S/2C17H21O5PS/c2*1-3-19-23(24,20-4-2)22-12-9-10-14-13-7-5-6-8-15(13)17(18)21-16(14)11-12/h2*9-11H,3-8H2,1-2H3. The van der Waals surface area contributed by atoms with Crippen LogP contribution in [0.4, 0.5) is 0 Å². The van der Waals surface area contributed by atoms with Crippen LogP contribution in [-0.4, -0.2) is 26.4 Å². The van der Waals surface area contributed by atoms with E-state index in [-0.39, 0.29) is 11.3 Å². The first-order valence-corrected chi connectivity index (χ1v) is 21.6. The molecule has 0 N–H and O–H groups in total. The molecule has 0 saturated heterocycles. The van der Waals surface area contributed by atoms with Gasteiger partial charge in [-0.3, -0.25) is 18.1 Å². The van der Waals surface area contributed by atoms with Crippen molar-refractivity contribution >= 4 is 59.0 Å². The summed E-state index contributed by atoms with van der Waals surface area (Å²) < 4.78 is 44.5. The summed E-state index contributed by atoms with van der Waals surface area (Å²) in [6, 6.07) is 10.9. The molecule has 14 heteroatoms. The summed E-state index contributed by atoms with van der Waals surface area (Å²) >= 11 is 10.8. The van der Waals surface area contributed by atoms with Gasteiger partial charge in [0.2, 0.25) is 0 Å². The second-order valence-electron chi connectivity index (χ2n) is 11.2. The van der Waals surface area contributed by atoms with Crippen LogP contribution < -0.4 is 20.3 Å². The number of rotatable bonds is 12. The Labute approximate surface area is 290 Å². The molecule has 0 bridgehead atoms. The average Bonchev–Trinajstić information content (AvgIpc) is 3.05. The fourth-order valence-electron chi connectivity index (χ4n) is 6.04. The molecule has 0 amide bonds. The topological polar surface area (TPSA) is 116 Å². The van der Waals surface area contributed by atoms with E-state index in [1.165, 1.54) is 0 Å². The van der Waals surface area contributed by atoms with Gasteiger partial charge >= 0.3 is 24.7 Å². The van der Waals surface area contributed by atoms with Crippen LogP contribution in [0.1, 0.15) is 75.6 Å². The van der Waals surface area contributed by atoms with E-state index < -0.39 is 13.4 Å². The van der Waals surface area contributed by atoms with Crippen molar-refractivity contribution in [2.24, 2.45) is 0 Å². The Morgan fingerprint density at radius 3 is 1.23 bits per heavy atom. The number of hydrogen-bond acceptors (Lipinski definition) is 12. The molecule has 0 spiro atoms. The molecule has 4 aromatic rings. The van der Waals surface area contributed by atoms with Crippen molar-refractivity contribution in [2.75, 3.05) is 26.4 Å². The molecule has 0 fully saturated rings. The second kappa shape index (κ2) is 16.5. The van der Waals surface area contributed by atoms with Crippen molar-refractivity contribution in [3.8, 4) is 11.5 Å². The summed E-state index contributed by atoms with van der Waals surface area (Å²) in [7, 11) is 0. The zero-order chi connectivity index (χ0) is 34.3. The molecule has 0 radical (unpaired) electrons. The van der Waals surface area contributed by atoms with Gasteiger partial charge in [0, 0.05) is 57.6 Å². The molecule has 2 aliphatic rings. The molecular weight excluding hydrogens is 694 g/mol. The summed E-state index contributed by atoms with van der Waals surface area (Å²) in [5.74, 6) is 0.985. The van der Waals surface area contributed by atoms with Crippen molar-refractivity contribution in [1.29, 1.82) is 0 Å². The zero-order valence-electron chi connectivity index (χ0n) is 27.7. The van der Waals surface area contributed by atoms with E-state index in [4.69, 9.17) is 59.6 Å². The Hall–Kier alpha value is -2.40. The third-order valence-electron chi connectivity index (χ3n) is 7.97. The maximum absolute atomic E-state index is 12.2. The van der Waals surface area contributed by atoms with Gasteiger partial charge in [0.25, 0.3) is 0 Å². The molecule has 0 aliphatic heterocycles. The average molecular weight is 737 g/mol. The molecule has 48 heavy (non-hydrogen) atoms. The molecule has 0 saturated carbocycles. The van der Waals surface area contributed by atoms with Crippen LogP contribution in [0.3, 0.4) is 0 Å². The Bertz CT molecular complexity index is 1810. The monoisotopic (exact) mass is 736 g/mol. The van der Waals surface area contributed by atoms with E-state index in [1.807, 2.05) is 52.0 Å². The smallest absolute Gasteiger partial charge is 0.380 e. The normalized spacial score (nSPS) is 14.6. The first-order chi connectivity index (χ1) is 23.1. The Kier molecular flexibility index (Phi) is 12.7. The maximum Gasteiger partial charge on any atom is 0.380 e. The summed E-state index contributed by atoms with van der Waals surface area (Å²) in [5, 5.41) is 1.94. The predicted molar refractivity (Wildman–Crippen MR) is 195 cm³/mol. The van der Waals surface area contributed by atoms with Crippen molar-refractivity contribution in [2.45, 2.75) is 79.1 Å². The van der Waals surface area contributed by atoms with Crippen LogP contribution in [0.5, 0.6) is 11.5 Å². The van der Waals surface area contributed by atoms with E-state index in [0.717, 1.165) is 84.4 Å². The first kappa shape index (κ1) is 36.9. The van der Waals surface area contributed by atoms with Crippen LogP contribution in [0, 0.1) is 0 Å². The van der Waals surface area contributed by atoms with Gasteiger partial charge in [0.15, 0.2) is 0 Å².